The lowest BCUT2D eigenvalue weighted by atomic mass is 9.97. The molecule has 0 spiro atoms. The second-order valence-electron chi connectivity index (χ2n) is 7.67. The fourth-order valence-corrected chi connectivity index (χ4v) is 3.62. The molecule has 1 unspecified atom stereocenters. The van der Waals surface area contributed by atoms with E-state index in [1.807, 2.05) is 36.2 Å². The first-order chi connectivity index (χ1) is 14.5. The molecule has 0 saturated carbocycles. The van der Waals surface area contributed by atoms with Gasteiger partial charge in [0.25, 0.3) is 5.91 Å². The molecule has 2 aromatic rings. The van der Waals surface area contributed by atoms with E-state index in [1.165, 1.54) is 12.1 Å². The number of carbonyl (C=O) groups is 2. The highest BCUT2D eigenvalue weighted by molar-refractivity contribution is 5.94. The Bertz CT molecular complexity index is 872. The predicted octanol–water partition coefficient (Wildman–Crippen LogP) is 3.96. The van der Waals surface area contributed by atoms with E-state index in [0.717, 1.165) is 31.6 Å². The number of hydrogen-bond donors (Lipinski definition) is 2. The van der Waals surface area contributed by atoms with Gasteiger partial charge in [0.1, 0.15) is 5.82 Å². The molecule has 0 aliphatic carbocycles. The summed E-state index contributed by atoms with van der Waals surface area (Å²) in [6, 6.07) is 13.1. The first kappa shape index (κ1) is 21.6. The van der Waals surface area contributed by atoms with Crippen molar-refractivity contribution >= 4 is 23.3 Å². The number of amides is 3. The minimum Gasteiger partial charge on any atom is -0.375 e. The zero-order chi connectivity index (χ0) is 21.5. The summed E-state index contributed by atoms with van der Waals surface area (Å²) in [5.74, 6) is -0.190. The molecule has 0 aromatic heterocycles. The van der Waals surface area contributed by atoms with Gasteiger partial charge >= 0.3 is 6.03 Å². The third-order valence-electron chi connectivity index (χ3n) is 5.47. The van der Waals surface area contributed by atoms with Crippen LogP contribution in [0.1, 0.15) is 30.1 Å². The van der Waals surface area contributed by atoms with Gasteiger partial charge in [-0.3, -0.25) is 4.79 Å². The number of rotatable bonds is 6. The molecule has 7 heteroatoms. The summed E-state index contributed by atoms with van der Waals surface area (Å²) in [5, 5.41) is 5.46. The number of halogens is 1. The van der Waals surface area contributed by atoms with Crippen molar-refractivity contribution in [3.05, 3.63) is 59.9 Å². The Morgan fingerprint density at radius 1 is 1.20 bits per heavy atom. The Morgan fingerprint density at radius 2 is 1.97 bits per heavy atom. The van der Waals surface area contributed by atoms with Gasteiger partial charge in [-0.15, -0.1) is 0 Å². The standard InChI is InChI=1S/C23H29FN4O2/c1-3-27(2)21-11-9-18(10-12-21)22(29)28-13-5-6-17(16-28)15-25-23(30)26-20-8-4-7-19(24)14-20/h4,7-12,14,17H,3,5-6,13,15-16H2,1-2H3,(H2,25,26,30). The minimum absolute atomic E-state index is 0.0228. The van der Waals surface area contributed by atoms with Crippen LogP contribution in [0.15, 0.2) is 48.5 Å². The fourth-order valence-electron chi connectivity index (χ4n) is 3.62. The summed E-state index contributed by atoms with van der Waals surface area (Å²) in [4.78, 5) is 28.9. The van der Waals surface area contributed by atoms with Gasteiger partial charge in [-0.2, -0.15) is 0 Å². The van der Waals surface area contributed by atoms with E-state index in [9.17, 15) is 14.0 Å². The molecule has 3 amide bonds. The summed E-state index contributed by atoms with van der Waals surface area (Å²) in [6.07, 6.45) is 1.85. The highest BCUT2D eigenvalue weighted by atomic mass is 19.1. The number of nitrogens with one attached hydrogen (secondary N) is 2. The van der Waals surface area contributed by atoms with Crippen molar-refractivity contribution in [1.29, 1.82) is 0 Å². The number of urea groups is 1. The Labute approximate surface area is 177 Å². The fraction of sp³-hybridized carbons (Fsp3) is 0.391. The molecule has 2 aromatic carbocycles. The molecule has 1 atom stereocenters. The van der Waals surface area contributed by atoms with Gasteiger partial charge in [-0.1, -0.05) is 6.07 Å². The molecule has 0 bridgehead atoms. The van der Waals surface area contributed by atoms with E-state index in [4.69, 9.17) is 0 Å². The Morgan fingerprint density at radius 3 is 2.67 bits per heavy atom. The van der Waals surface area contributed by atoms with Crippen molar-refractivity contribution in [2.75, 3.05) is 43.4 Å². The van der Waals surface area contributed by atoms with Gasteiger partial charge in [0, 0.05) is 50.2 Å². The second-order valence-corrected chi connectivity index (χ2v) is 7.67. The van der Waals surface area contributed by atoms with Crippen molar-refractivity contribution in [3.8, 4) is 0 Å². The topological polar surface area (TPSA) is 64.7 Å². The third kappa shape index (κ3) is 5.72. The number of carbonyl (C=O) groups excluding carboxylic acids is 2. The zero-order valence-electron chi connectivity index (χ0n) is 17.5. The van der Waals surface area contributed by atoms with Gasteiger partial charge < -0.3 is 20.4 Å². The number of piperidine rings is 1. The first-order valence-electron chi connectivity index (χ1n) is 10.4. The van der Waals surface area contributed by atoms with E-state index >= 15 is 0 Å². The number of nitrogens with zero attached hydrogens (tertiary/aromatic N) is 2. The van der Waals surface area contributed by atoms with Crippen LogP contribution in [0.2, 0.25) is 0 Å². The van der Waals surface area contributed by atoms with Crippen molar-refractivity contribution in [2.45, 2.75) is 19.8 Å². The maximum Gasteiger partial charge on any atom is 0.319 e. The summed E-state index contributed by atoms with van der Waals surface area (Å²) in [6.45, 7) is 4.78. The Hall–Kier alpha value is -3.09. The van der Waals surface area contributed by atoms with Crippen molar-refractivity contribution in [2.24, 2.45) is 5.92 Å². The molecular formula is C23H29FN4O2. The molecule has 30 heavy (non-hydrogen) atoms. The summed E-state index contributed by atoms with van der Waals surface area (Å²) >= 11 is 0. The first-order valence-corrected chi connectivity index (χ1v) is 10.4. The van der Waals surface area contributed by atoms with Crippen molar-refractivity contribution < 1.29 is 14.0 Å². The summed E-state index contributed by atoms with van der Waals surface area (Å²) < 4.78 is 13.2. The molecule has 1 heterocycles. The number of hydrogen-bond acceptors (Lipinski definition) is 3. The quantitative estimate of drug-likeness (QED) is 0.755. The van der Waals surface area contributed by atoms with Crippen molar-refractivity contribution in [3.63, 3.8) is 0 Å². The van der Waals surface area contributed by atoms with Gasteiger partial charge in [0.05, 0.1) is 0 Å². The van der Waals surface area contributed by atoms with E-state index in [-0.39, 0.29) is 17.9 Å². The predicted molar refractivity (Wildman–Crippen MR) is 117 cm³/mol. The van der Waals surface area contributed by atoms with Crippen LogP contribution in [0.25, 0.3) is 0 Å². The van der Waals surface area contributed by atoms with E-state index in [2.05, 4.69) is 22.5 Å². The molecule has 1 fully saturated rings. The van der Waals surface area contributed by atoms with Crippen LogP contribution in [-0.4, -0.2) is 50.1 Å². The lowest BCUT2D eigenvalue weighted by Gasteiger charge is -2.33. The number of anilines is 2. The molecule has 1 aliphatic heterocycles. The molecule has 1 saturated heterocycles. The SMILES string of the molecule is CCN(C)c1ccc(C(=O)N2CCCC(CNC(=O)Nc3cccc(F)c3)C2)cc1. The maximum absolute atomic E-state index is 13.2. The molecule has 160 valence electrons. The molecule has 1 aliphatic rings. The average Bonchev–Trinajstić information content (AvgIpc) is 2.77. The highest BCUT2D eigenvalue weighted by Gasteiger charge is 2.25. The molecular weight excluding hydrogens is 383 g/mol. The number of benzene rings is 2. The molecule has 3 rings (SSSR count). The Balaban J connectivity index is 1.51. The number of likely N-dealkylation sites (tertiary alicyclic amines) is 1. The van der Waals surface area contributed by atoms with Crippen LogP contribution in [0, 0.1) is 11.7 Å². The van der Waals surface area contributed by atoms with Crippen LogP contribution in [0.3, 0.4) is 0 Å². The van der Waals surface area contributed by atoms with Crippen LogP contribution in [0.5, 0.6) is 0 Å². The van der Waals surface area contributed by atoms with Gasteiger partial charge in [0.2, 0.25) is 0 Å². The third-order valence-corrected chi connectivity index (χ3v) is 5.47. The van der Waals surface area contributed by atoms with E-state index in [0.29, 0.717) is 24.3 Å². The van der Waals surface area contributed by atoms with Crippen LogP contribution in [0.4, 0.5) is 20.6 Å². The summed E-state index contributed by atoms with van der Waals surface area (Å²) in [7, 11) is 2.02. The van der Waals surface area contributed by atoms with Gasteiger partial charge in [-0.25, -0.2) is 9.18 Å². The maximum atomic E-state index is 13.2. The smallest absolute Gasteiger partial charge is 0.319 e. The van der Waals surface area contributed by atoms with Crippen molar-refractivity contribution in [1.82, 2.24) is 10.2 Å². The second kappa shape index (κ2) is 10.1. The van der Waals surface area contributed by atoms with Crippen LogP contribution < -0.4 is 15.5 Å². The lowest BCUT2D eigenvalue weighted by molar-refractivity contribution is 0.0675. The van der Waals surface area contributed by atoms with Crippen LogP contribution >= 0.6 is 0 Å². The molecule has 0 radical (unpaired) electrons. The minimum atomic E-state index is -0.399. The highest BCUT2D eigenvalue weighted by Crippen LogP contribution is 2.20. The van der Waals surface area contributed by atoms with Crippen LogP contribution in [-0.2, 0) is 0 Å². The van der Waals surface area contributed by atoms with Gasteiger partial charge in [-0.05, 0) is 68.1 Å². The monoisotopic (exact) mass is 412 g/mol. The molecule has 6 nitrogen and oxygen atoms in total. The normalized spacial score (nSPS) is 16.1. The largest absolute Gasteiger partial charge is 0.375 e. The van der Waals surface area contributed by atoms with Gasteiger partial charge in [0.15, 0.2) is 0 Å². The van der Waals surface area contributed by atoms with E-state index in [1.54, 1.807) is 12.1 Å². The lowest BCUT2D eigenvalue weighted by Crippen LogP contribution is -2.44. The zero-order valence-corrected chi connectivity index (χ0v) is 17.5. The average molecular weight is 413 g/mol. The summed E-state index contributed by atoms with van der Waals surface area (Å²) in [5.41, 5.74) is 2.17. The Kier molecular flexibility index (Phi) is 7.27. The van der Waals surface area contributed by atoms with E-state index < -0.39 is 5.82 Å². The molecule has 2 N–H and O–H groups in total.